The van der Waals surface area contributed by atoms with Gasteiger partial charge in [-0.1, -0.05) is 48.5 Å². The molecule has 0 fully saturated rings. The number of hydrogen-bond acceptors (Lipinski definition) is 4. The quantitative estimate of drug-likeness (QED) is 0.277. The summed E-state index contributed by atoms with van der Waals surface area (Å²) in [6.45, 7) is 4.05. The molecule has 3 aromatic heterocycles. The average Bonchev–Trinajstić information content (AvgIpc) is 3.00. The standard InChI is InChI=1S/C15H14N2.C12H8N2/c1-10-4-3-5-12-8-9-13-7-6-11(2)17-15(13)14(12)16-10;1-3-9-5-6-10-4-2-8-14-12(10)11(9)13-7-1/h3-4,6-9H,5H2,1-2H3;1-8H. The second-order valence-corrected chi connectivity index (χ2v) is 7.67. The van der Waals surface area contributed by atoms with Crippen molar-refractivity contribution in [3.05, 3.63) is 96.5 Å². The van der Waals surface area contributed by atoms with E-state index in [1.165, 1.54) is 5.56 Å². The van der Waals surface area contributed by atoms with E-state index in [1.54, 1.807) is 12.4 Å². The van der Waals surface area contributed by atoms with E-state index in [0.29, 0.717) is 0 Å². The Balaban J connectivity index is 0.000000134. The van der Waals surface area contributed by atoms with Crippen LogP contribution in [0.2, 0.25) is 0 Å². The summed E-state index contributed by atoms with van der Waals surface area (Å²) in [5.74, 6) is 0. The van der Waals surface area contributed by atoms with E-state index < -0.39 is 0 Å². The first-order chi connectivity index (χ1) is 15.2. The van der Waals surface area contributed by atoms with Crippen molar-refractivity contribution < 1.29 is 0 Å². The molecule has 0 saturated carbocycles. The smallest absolute Gasteiger partial charge is 0.0964 e. The fraction of sp³-hybridized carbons (Fsp3) is 0.111. The normalized spacial score (nSPS) is 12.8. The van der Waals surface area contributed by atoms with Gasteiger partial charge in [0.1, 0.15) is 0 Å². The van der Waals surface area contributed by atoms with E-state index >= 15 is 0 Å². The highest BCUT2D eigenvalue weighted by atomic mass is 14.8. The molecule has 0 aliphatic carbocycles. The number of aliphatic imine (C=N–C) groups is 1. The zero-order valence-electron chi connectivity index (χ0n) is 17.6. The molecule has 0 amide bonds. The topological polar surface area (TPSA) is 51.0 Å². The van der Waals surface area contributed by atoms with Crippen LogP contribution in [-0.4, -0.2) is 20.7 Å². The summed E-state index contributed by atoms with van der Waals surface area (Å²) in [5, 5.41) is 3.44. The zero-order chi connectivity index (χ0) is 21.2. The molecule has 1 aliphatic heterocycles. The average molecular weight is 403 g/mol. The van der Waals surface area contributed by atoms with Crippen molar-refractivity contribution in [1.29, 1.82) is 0 Å². The highest BCUT2D eigenvalue weighted by Gasteiger charge is 2.09. The molecule has 4 heterocycles. The molecule has 31 heavy (non-hydrogen) atoms. The maximum absolute atomic E-state index is 4.68. The predicted octanol–water partition coefficient (Wildman–Crippen LogP) is 6.53. The zero-order valence-corrected chi connectivity index (χ0v) is 17.6. The Morgan fingerprint density at radius 2 is 1.29 bits per heavy atom. The molecule has 4 nitrogen and oxygen atoms in total. The summed E-state index contributed by atoms with van der Waals surface area (Å²) in [5.41, 5.74) is 7.34. The van der Waals surface area contributed by atoms with Crippen LogP contribution >= 0.6 is 0 Å². The fourth-order valence-electron chi connectivity index (χ4n) is 3.85. The third-order valence-corrected chi connectivity index (χ3v) is 5.39. The van der Waals surface area contributed by atoms with Crippen LogP contribution in [0.3, 0.4) is 0 Å². The van der Waals surface area contributed by atoms with Crippen molar-refractivity contribution in [2.75, 3.05) is 0 Å². The van der Waals surface area contributed by atoms with Crippen molar-refractivity contribution in [2.24, 2.45) is 4.99 Å². The van der Waals surface area contributed by atoms with Crippen molar-refractivity contribution in [3.8, 4) is 0 Å². The van der Waals surface area contributed by atoms with Gasteiger partial charge in [-0.25, -0.2) is 0 Å². The van der Waals surface area contributed by atoms with Crippen molar-refractivity contribution in [2.45, 2.75) is 20.3 Å². The molecule has 4 heteroatoms. The highest BCUT2D eigenvalue weighted by Crippen LogP contribution is 2.31. The first kappa shape index (κ1) is 19.1. The fourth-order valence-corrected chi connectivity index (χ4v) is 3.85. The molecule has 5 aromatic rings. The molecule has 0 saturated heterocycles. The minimum Gasteiger partial charge on any atom is -0.254 e. The van der Waals surface area contributed by atoms with Gasteiger partial charge in [0.25, 0.3) is 0 Å². The minimum atomic E-state index is 0.932. The summed E-state index contributed by atoms with van der Waals surface area (Å²) in [6, 6.07) is 20.6. The van der Waals surface area contributed by atoms with E-state index in [1.807, 2.05) is 32.0 Å². The first-order valence-corrected chi connectivity index (χ1v) is 10.4. The highest BCUT2D eigenvalue weighted by molar-refractivity contribution is 6.02. The second kappa shape index (κ2) is 8.07. The number of benzene rings is 2. The first-order valence-electron chi connectivity index (χ1n) is 10.4. The van der Waals surface area contributed by atoms with Crippen LogP contribution < -0.4 is 0 Å². The van der Waals surface area contributed by atoms with E-state index in [-0.39, 0.29) is 0 Å². The number of pyridine rings is 3. The number of nitrogens with zero attached hydrogens (tertiary/aromatic N) is 4. The maximum Gasteiger partial charge on any atom is 0.0964 e. The van der Waals surface area contributed by atoms with E-state index in [2.05, 4.69) is 74.6 Å². The summed E-state index contributed by atoms with van der Waals surface area (Å²) in [4.78, 5) is 18.0. The van der Waals surface area contributed by atoms with Gasteiger partial charge in [0.15, 0.2) is 0 Å². The molecule has 0 bridgehead atoms. The lowest BCUT2D eigenvalue weighted by Gasteiger charge is -2.07. The van der Waals surface area contributed by atoms with Gasteiger partial charge in [0, 0.05) is 40.0 Å². The van der Waals surface area contributed by atoms with Crippen molar-refractivity contribution in [1.82, 2.24) is 15.0 Å². The lowest BCUT2D eigenvalue weighted by molar-refractivity contribution is 1.22. The van der Waals surface area contributed by atoms with Crippen molar-refractivity contribution in [3.63, 3.8) is 0 Å². The van der Waals surface area contributed by atoms with Gasteiger partial charge in [-0.2, -0.15) is 0 Å². The Labute approximate surface area is 181 Å². The van der Waals surface area contributed by atoms with E-state index in [9.17, 15) is 0 Å². The Bertz CT molecular complexity index is 1430. The summed E-state index contributed by atoms with van der Waals surface area (Å²) >= 11 is 0. The van der Waals surface area contributed by atoms with E-state index in [0.717, 1.165) is 56.2 Å². The predicted molar refractivity (Wildman–Crippen MR) is 129 cm³/mol. The van der Waals surface area contributed by atoms with Gasteiger partial charge in [0.05, 0.1) is 22.2 Å². The molecule has 0 N–H and O–H groups in total. The molecular formula is C27H22N4. The van der Waals surface area contributed by atoms with Gasteiger partial charge >= 0.3 is 0 Å². The third-order valence-electron chi connectivity index (χ3n) is 5.39. The molecule has 150 valence electrons. The van der Waals surface area contributed by atoms with Crippen LogP contribution in [0.1, 0.15) is 18.2 Å². The van der Waals surface area contributed by atoms with Gasteiger partial charge in [-0.05, 0) is 50.1 Å². The van der Waals surface area contributed by atoms with Crippen LogP contribution in [0.25, 0.3) is 32.7 Å². The summed E-state index contributed by atoms with van der Waals surface area (Å²) < 4.78 is 0. The van der Waals surface area contributed by atoms with Crippen LogP contribution in [0, 0.1) is 6.92 Å². The number of fused-ring (bicyclic) bond motifs is 6. The Morgan fingerprint density at radius 1 is 0.677 bits per heavy atom. The number of hydrogen-bond donors (Lipinski definition) is 0. The summed E-state index contributed by atoms with van der Waals surface area (Å²) in [7, 11) is 0. The molecule has 0 spiro atoms. The van der Waals surface area contributed by atoms with Gasteiger partial charge in [-0.3, -0.25) is 19.9 Å². The van der Waals surface area contributed by atoms with Crippen LogP contribution in [-0.2, 0) is 6.42 Å². The Kier molecular flexibility index (Phi) is 4.97. The largest absolute Gasteiger partial charge is 0.254 e. The number of rotatable bonds is 0. The molecule has 6 rings (SSSR count). The second-order valence-electron chi connectivity index (χ2n) is 7.67. The molecule has 0 unspecified atom stereocenters. The SMILES string of the molecule is CC1=Nc2c(ccc3ccc(C)nc23)CC=C1.c1cnc2c(c1)ccc1cccnc12. The lowest BCUT2D eigenvalue weighted by atomic mass is 10.1. The number of allylic oxidation sites excluding steroid dienone is 2. The van der Waals surface area contributed by atoms with Gasteiger partial charge in [-0.15, -0.1) is 0 Å². The van der Waals surface area contributed by atoms with Crippen molar-refractivity contribution >= 4 is 44.1 Å². The lowest BCUT2D eigenvalue weighted by Crippen LogP contribution is -1.89. The number of aryl methyl sites for hydroxylation is 1. The third kappa shape index (κ3) is 3.80. The van der Waals surface area contributed by atoms with Crippen LogP contribution in [0.15, 0.2) is 90.2 Å². The Morgan fingerprint density at radius 3 is 2.00 bits per heavy atom. The molecule has 0 radical (unpaired) electrons. The van der Waals surface area contributed by atoms with E-state index in [4.69, 9.17) is 0 Å². The number of aromatic nitrogens is 3. The van der Waals surface area contributed by atoms with Crippen LogP contribution in [0.4, 0.5) is 5.69 Å². The summed E-state index contributed by atoms with van der Waals surface area (Å²) in [6.07, 6.45) is 8.77. The minimum absolute atomic E-state index is 0.932. The molecular weight excluding hydrogens is 380 g/mol. The molecule has 0 atom stereocenters. The van der Waals surface area contributed by atoms with Crippen LogP contribution in [0.5, 0.6) is 0 Å². The molecule has 1 aliphatic rings. The Hall–Kier alpha value is -3.92. The van der Waals surface area contributed by atoms with Gasteiger partial charge < -0.3 is 0 Å². The molecule has 2 aromatic carbocycles. The van der Waals surface area contributed by atoms with Gasteiger partial charge in [0.2, 0.25) is 0 Å². The monoisotopic (exact) mass is 402 g/mol. The maximum atomic E-state index is 4.68.